The van der Waals surface area contributed by atoms with E-state index in [9.17, 15) is 4.79 Å². The third-order valence-electron chi connectivity index (χ3n) is 6.28. The largest absolute Gasteiger partial charge is 0.388 e. The van der Waals surface area contributed by atoms with Gasteiger partial charge in [0.25, 0.3) is 0 Å². The molecule has 1 aromatic rings. The van der Waals surface area contributed by atoms with Gasteiger partial charge in [-0.05, 0) is 67.7 Å². The summed E-state index contributed by atoms with van der Waals surface area (Å²) in [5, 5.41) is 7.18. The maximum Gasteiger partial charge on any atom is 0.219 e. The molecule has 4 nitrogen and oxygen atoms in total. The Morgan fingerprint density at radius 3 is 2.83 bits per heavy atom. The van der Waals surface area contributed by atoms with Crippen LogP contribution in [0.25, 0.3) is 5.57 Å². The predicted molar refractivity (Wildman–Crippen MR) is 120 cm³/mol. The molecule has 1 amide bonds. The Labute approximate surface area is 174 Å². The molecule has 2 N–H and O–H groups in total. The quantitative estimate of drug-likeness (QED) is 0.682. The first-order valence-corrected chi connectivity index (χ1v) is 11.1. The molecule has 0 spiro atoms. The number of rotatable bonds is 7. The molecule has 0 radical (unpaired) electrons. The van der Waals surface area contributed by atoms with Crippen molar-refractivity contribution < 1.29 is 4.79 Å². The molecule has 154 valence electrons. The van der Waals surface area contributed by atoms with Crippen LogP contribution in [0.2, 0.25) is 0 Å². The van der Waals surface area contributed by atoms with Crippen LogP contribution in [-0.4, -0.2) is 30.4 Å². The molecule has 4 rings (SSSR count). The number of anilines is 1. The highest BCUT2D eigenvalue weighted by atomic mass is 16.2. The van der Waals surface area contributed by atoms with Gasteiger partial charge in [0.2, 0.25) is 5.91 Å². The van der Waals surface area contributed by atoms with Crippen LogP contribution in [0.4, 0.5) is 5.69 Å². The second-order valence-corrected chi connectivity index (χ2v) is 8.63. The van der Waals surface area contributed by atoms with Gasteiger partial charge in [0.1, 0.15) is 0 Å². The third kappa shape index (κ3) is 5.11. The fraction of sp³-hybridized carbons (Fsp3) is 0.480. The van der Waals surface area contributed by atoms with Crippen LogP contribution in [0.15, 0.2) is 53.9 Å². The Bertz CT molecular complexity index is 847. The summed E-state index contributed by atoms with van der Waals surface area (Å²) >= 11 is 0. The molecule has 0 unspecified atom stereocenters. The van der Waals surface area contributed by atoms with Crippen molar-refractivity contribution in [3.05, 3.63) is 59.5 Å². The first-order valence-electron chi connectivity index (χ1n) is 11.1. The molecule has 2 aliphatic carbocycles. The molecule has 1 heterocycles. The lowest BCUT2D eigenvalue weighted by Crippen LogP contribution is -2.39. The summed E-state index contributed by atoms with van der Waals surface area (Å²) in [6.45, 7) is 8.43. The monoisotopic (exact) mass is 391 g/mol. The molecule has 1 saturated carbocycles. The number of benzene rings is 1. The fourth-order valence-corrected chi connectivity index (χ4v) is 4.24. The van der Waals surface area contributed by atoms with Gasteiger partial charge >= 0.3 is 0 Å². The van der Waals surface area contributed by atoms with Gasteiger partial charge < -0.3 is 15.5 Å². The molecule has 1 aliphatic heterocycles. The lowest BCUT2D eigenvalue weighted by molar-refractivity contribution is -0.128. The number of carbonyl (C=O) groups excluding carboxylic acids is 1. The van der Waals surface area contributed by atoms with E-state index in [0.717, 1.165) is 42.4 Å². The molecule has 1 aromatic carbocycles. The summed E-state index contributed by atoms with van der Waals surface area (Å²) in [7, 11) is 0. The van der Waals surface area contributed by atoms with E-state index in [4.69, 9.17) is 0 Å². The SMILES string of the molecule is C=C(Nc1cccc(C2=CCCCC2)c1)C1=C(NCC2CC2)CCN(C(C)=O)C1. The molecular weight excluding hydrogens is 358 g/mol. The van der Waals surface area contributed by atoms with Gasteiger partial charge in [-0.15, -0.1) is 0 Å². The van der Waals surface area contributed by atoms with Crippen LogP contribution in [-0.2, 0) is 4.79 Å². The molecule has 29 heavy (non-hydrogen) atoms. The Hall–Kier alpha value is -2.49. The van der Waals surface area contributed by atoms with Crippen LogP contribution in [0.1, 0.15) is 57.4 Å². The van der Waals surface area contributed by atoms with Gasteiger partial charge in [-0.1, -0.05) is 24.8 Å². The Balaban J connectivity index is 1.51. The summed E-state index contributed by atoms with van der Waals surface area (Å²) in [6.07, 6.45) is 10.8. The second-order valence-electron chi connectivity index (χ2n) is 8.63. The second kappa shape index (κ2) is 8.89. The van der Waals surface area contributed by atoms with Crippen LogP contribution in [0, 0.1) is 5.92 Å². The van der Waals surface area contributed by atoms with Crippen molar-refractivity contribution in [1.82, 2.24) is 10.2 Å². The van der Waals surface area contributed by atoms with E-state index in [1.54, 1.807) is 6.92 Å². The normalized spacial score (nSPS) is 19.6. The van der Waals surface area contributed by atoms with Crippen molar-refractivity contribution in [2.45, 2.75) is 51.9 Å². The lowest BCUT2D eigenvalue weighted by Gasteiger charge is -2.32. The first-order chi connectivity index (χ1) is 14.1. The van der Waals surface area contributed by atoms with E-state index < -0.39 is 0 Å². The van der Waals surface area contributed by atoms with E-state index in [2.05, 4.69) is 47.6 Å². The molecule has 4 heteroatoms. The van der Waals surface area contributed by atoms with Crippen molar-refractivity contribution in [3.8, 4) is 0 Å². The van der Waals surface area contributed by atoms with Crippen LogP contribution in [0.3, 0.4) is 0 Å². The fourth-order valence-electron chi connectivity index (χ4n) is 4.24. The molecule has 3 aliphatic rings. The Morgan fingerprint density at radius 1 is 1.24 bits per heavy atom. The zero-order valence-electron chi connectivity index (χ0n) is 17.6. The molecule has 0 bridgehead atoms. The first kappa shape index (κ1) is 19.8. The minimum atomic E-state index is 0.128. The van der Waals surface area contributed by atoms with Crippen molar-refractivity contribution in [2.75, 3.05) is 25.0 Å². The van der Waals surface area contributed by atoms with Gasteiger partial charge in [0.05, 0.1) is 0 Å². The molecule has 1 fully saturated rings. The standard InChI is InChI=1S/C25H33N3O/c1-18(27-23-10-6-9-22(15-23)21-7-4-3-5-8-21)24-17-28(19(2)29)14-13-25(24)26-16-20-11-12-20/h6-7,9-10,15,20,26-27H,1,3-5,8,11-14,16-17H2,2H3. The van der Waals surface area contributed by atoms with Crippen LogP contribution >= 0.6 is 0 Å². The number of carbonyl (C=O) groups is 1. The highest BCUT2D eigenvalue weighted by Gasteiger charge is 2.25. The van der Waals surface area contributed by atoms with Crippen LogP contribution in [0.5, 0.6) is 0 Å². The van der Waals surface area contributed by atoms with E-state index >= 15 is 0 Å². The van der Waals surface area contributed by atoms with E-state index in [1.165, 1.54) is 55.4 Å². The Kier molecular flexibility index (Phi) is 6.08. The van der Waals surface area contributed by atoms with Crippen molar-refractivity contribution in [1.29, 1.82) is 0 Å². The molecular formula is C25H33N3O. The minimum Gasteiger partial charge on any atom is -0.388 e. The summed E-state index contributed by atoms with van der Waals surface area (Å²) in [5.41, 5.74) is 7.10. The number of hydrogen-bond acceptors (Lipinski definition) is 3. The molecule has 0 saturated heterocycles. The van der Waals surface area contributed by atoms with Crippen molar-refractivity contribution in [2.24, 2.45) is 5.92 Å². The summed E-state index contributed by atoms with van der Waals surface area (Å²) < 4.78 is 0. The summed E-state index contributed by atoms with van der Waals surface area (Å²) in [4.78, 5) is 13.9. The number of allylic oxidation sites excluding steroid dienone is 2. The summed E-state index contributed by atoms with van der Waals surface area (Å²) in [5.74, 6) is 0.944. The van der Waals surface area contributed by atoms with Gasteiger partial charge in [0.15, 0.2) is 0 Å². The van der Waals surface area contributed by atoms with Gasteiger partial charge in [0, 0.05) is 55.6 Å². The van der Waals surface area contributed by atoms with Crippen LogP contribution < -0.4 is 10.6 Å². The third-order valence-corrected chi connectivity index (χ3v) is 6.28. The number of hydrogen-bond donors (Lipinski definition) is 2. The lowest BCUT2D eigenvalue weighted by atomic mass is 9.93. The molecule has 0 atom stereocenters. The van der Waals surface area contributed by atoms with E-state index in [-0.39, 0.29) is 5.91 Å². The van der Waals surface area contributed by atoms with Gasteiger partial charge in [-0.2, -0.15) is 0 Å². The van der Waals surface area contributed by atoms with Crippen molar-refractivity contribution >= 4 is 17.2 Å². The zero-order chi connectivity index (χ0) is 20.2. The maximum absolute atomic E-state index is 12.0. The smallest absolute Gasteiger partial charge is 0.219 e. The summed E-state index contributed by atoms with van der Waals surface area (Å²) in [6, 6.07) is 8.64. The van der Waals surface area contributed by atoms with Gasteiger partial charge in [-0.3, -0.25) is 4.79 Å². The average Bonchev–Trinajstić information content (AvgIpc) is 3.57. The highest BCUT2D eigenvalue weighted by Crippen LogP contribution is 2.31. The Morgan fingerprint density at radius 2 is 2.10 bits per heavy atom. The van der Waals surface area contributed by atoms with E-state index in [0.29, 0.717) is 6.54 Å². The number of nitrogens with zero attached hydrogens (tertiary/aromatic N) is 1. The predicted octanol–water partition coefficient (Wildman–Crippen LogP) is 5.08. The topological polar surface area (TPSA) is 44.4 Å². The molecule has 0 aromatic heterocycles. The maximum atomic E-state index is 12.0. The van der Waals surface area contributed by atoms with Gasteiger partial charge in [-0.25, -0.2) is 0 Å². The minimum absolute atomic E-state index is 0.128. The van der Waals surface area contributed by atoms with Crippen molar-refractivity contribution in [3.63, 3.8) is 0 Å². The highest BCUT2D eigenvalue weighted by molar-refractivity contribution is 5.74. The van der Waals surface area contributed by atoms with E-state index in [1.807, 2.05) is 4.90 Å². The number of nitrogens with one attached hydrogen (secondary N) is 2. The number of amides is 1. The zero-order valence-corrected chi connectivity index (χ0v) is 17.6. The average molecular weight is 392 g/mol.